The first kappa shape index (κ1) is 24.7. The Morgan fingerprint density at radius 2 is 2.06 bits per heavy atom. The number of benzene rings is 1. The predicted octanol–water partition coefficient (Wildman–Crippen LogP) is 3.14. The molecule has 36 heavy (non-hydrogen) atoms. The van der Waals surface area contributed by atoms with Gasteiger partial charge in [0.05, 0.1) is 46.2 Å². The fraction of sp³-hybridized carbons (Fsp3) is 0.462. The van der Waals surface area contributed by atoms with Crippen LogP contribution in [-0.4, -0.2) is 83.0 Å². The Morgan fingerprint density at radius 3 is 2.72 bits per heavy atom. The van der Waals surface area contributed by atoms with Gasteiger partial charge in [-0.3, -0.25) is 0 Å². The number of sulfone groups is 1. The van der Waals surface area contributed by atoms with Gasteiger partial charge in [0, 0.05) is 58.1 Å². The van der Waals surface area contributed by atoms with Crippen molar-refractivity contribution < 1.29 is 18.3 Å². The van der Waals surface area contributed by atoms with Crippen molar-refractivity contribution in [1.82, 2.24) is 9.88 Å². The molecular weight excluding hydrogens is 478 g/mol. The van der Waals surface area contributed by atoms with Crippen molar-refractivity contribution in [3.63, 3.8) is 0 Å². The lowest BCUT2D eigenvalue weighted by Crippen LogP contribution is -2.22. The number of nitrogens with one attached hydrogen (secondary N) is 1. The highest BCUT2D eigenvalue weighted by molar-refractivity contribution is 7.90. The van der Waals surface area contributed by atoms with Gasteiger partial charge in [-0.25, -0.2) is 18.4 Å². The normalized spacial score (nSPS) is 19.2. The topological polar surface area (TPSA) is 107 Å². The summed E-state index contributed by atoms with van der Waals surface area (Å²) in [7, 11) is 0.160. The Hall–Kier alpha value is -2.95. The van der Waals surface area contributed by atoms with E-state index in [4.69, 9.17) is 9.72 Å². The number of ether oxygens (including phenoxy) is 1. The molecule has 0 unspecified atom stereocenters. The highest BCUT2D eigenvalue weighted by Gasteiger charge is 2.30. The lowest BCUT2D eigenvalue weighted by Gasteiger charge is -2.27. The number of hydrogen-bond donors (Lipinski definition) is 2. The highest BCUT2D eigenvalue weighted by atomic mass is 32.2. The van der Waals surface area contributed by atoms with Crippen LogP contribution in [0.3, 0.4) is 0 Å². The molecule has 2 N–H and O–H groups in total. The summed E-state index contributed by atoms with van der Waals surface area (Å²) in [6.07, 6.45) is 6.04. The van der Waals surface area contributed by atoms with Crippen molar-refractivity contribution in [2.45, 2.75) is 24.2 Å². The van der Waals surface area contributed by atoms with Gasteiger partial charge in [0.25, 0.3) is 0 Å². The van der Waals surface area contributed by atoms with Gasteiger partial charge in [-0.1, -0.05) is 6.07 Å². The van der Waals surface area contributed by atoms with E-state index in [1.807, 2.05) is 41.4 Å². The number of aromatic nitrogens is 1. The molecule has 2 aliphatic heterocycles. The smallest absolute Gasteiger partial charge is 0.177 e. The molecule has 3 heterocycles. The third-order valence-electron chi connectivity index (χ3n) is 6.93. The molecule has 1 aromatic heterocycles. The Kier molecular flexibility index (Phi) is 6.76. The van der Waals surface area contributed by atoms with E-state index >= 15 is 0 Å². The van der Waals surface area contributed by atoms with E-state index in [1.54, 1.807) is 13.2 Å². The standard InChI is InChI=1S/C26H33N5O4S/c1-30-16-28-21-13-20(29-26(27-9-11-35-2)24(21)25(30)18-4-5-18)19-6-7-22(23(12-19)36(3,33)34)31-10-8-17(14-31)15-32/h6-7,12-13,16-17,32H,4-5,8-11,14-15H2,1-3H3,(H,27,29)/t17-/m0/s1. The lowest BCUT2D eigenvalue weighted by molar-refractivity contribution is 0.210. The quantitative estimate of drug-likeness (QED) is 0.521. The molecule has 0 spiro atoms. The molecular formula is C26H33N5O4S. The van der Waals surface area contributed by atoms with Crippen molar-refractivity contribution in [1.29, 1.82) is 0 Å². The lowest BCUT2D eigenvalue weighted by atomic mass is 10.0. The first-order valence-electron chi connectivity index (χ1n) is 12.3. The molecule has 1 aliphatic carbocycles. The number of pyridine rings is 1. The van der Waals surface area contributed by atoms with Gasteiger partial charge < -0.3 is 25.0 Å². The van der Waals surface area contributed by atoms with Crippen LogP contribution >= 0.6 is 0 Å². The number of methoxy groups -OCH3 is 1. The fourth-order valence-corrected chi connectivity index (χ4v) is 5.87. The van der Waals surface area contributed by atoms with Crippen LogP contribution < -0.4 is 10.2 Å². The molecule has 5 rings (SSSR count). The molecule has 1 atom stereocenters. The second-order valence-corrected chi connectivity index (χ2v) is 11.7. The Balaban J connectivity index is 1.60. The Bertz CT molecular complexity index is 1330. The van der Waals surface area contributed by atoms with Crippen LogP contribution in [0.4, 0.5) is 17.2 Å². The minimum Gasteiger partial charge on any atom is -0.396 e. The first-order chi connectivity index (χ1) is 17.3. The van der Waals surface area contributed by atoms with Crippen LogP contribution in [0.5, 0.6) is 0 Å². The fourth-order valence-electron chi connectivity index (χ4n) is 4.95. The molecule has 9 nitrogen and oxygen atoms in total. The van der Waals surface area contributed by atoms with Crippen LogP contribution in [0.15, 0.2) is 39.7 Å². The zero-order valence-corrected chi connectivity index (χ0v) is 21.8. The summed E-state index contributed by atoms with van der Waals surface area (Å²) in [6.45, 7) is 2.59. The number of allylic oxidation sites excluding steroid dienone is 1. The number of rotatable bonds is 8. The average Bonchev–Trinajstić information content (AvgIpc) is 3.58. The summed E-state index contributed by atoms with van der Waals surface area (Å²) in [5, 5.41) is 12.9. The zero-order chi connectivity index (χ0) is 25.4. The molecule has 0 bridgehead atoms. The SMILES string of the molecule is COCCNc1nc(-c2ccc(N3CC[C@H](CO)C3)c(S(C)(=O)=O)c2)cc2c1C(=C1CC1)N(C)C=N2. The molecule has 10 heteroatoms. The average molecular weight is 512 g/mol. The number of aliphatic hydroxyl groups excluding tert-OH is 1. The maximum atomic E-state index is 12.8. The highest BCUT2D eigenvalue weighted by Crippen LogP contribution is 2.46. The minimum absolute atomic E-state index is 0.106. The molecule has 192 valence electrons. The van der Waals surface area contributed by atoms with Crippen molar-refractivity contribution >= 4 is 39.1 Å². The predicted molar refractivity (Wildman–Crippen MR) is 143 cm³/mol. The largest absolute Gasteiger partial charge is 0.396 e. The molecule has 0 amide bonds. The maximum Gasteiger partial charge on any atom is 0.177 e. The van der Waals surface area contributed by atoms with Crippen LogP contribution in [0.1, 0.15) is 24.8 Å². The van der Waals surface area contributed by atoms with E-state index in [0.717, 1.165) is 42.8 Å². The third-order valence-corrected chi connectivity index (χ3v) is 8.06. The third kappa shape index (κ3) is 4.85. The Labute approximate surface area is 212 Å². The van der Waals surface area contributed by atoms with Gasteiger partial charge in [0.2, 0.25) is 0 Å². The van der Waals surface area contributed by atoms with E-state index in [1.165, 1.54) is 11.8 Å². The van der Waals surface area contributed by atoms with Gasteiger partial charge in [-0.2, -0.15) is 0 Å². The molecule has 1 aromatic carbocycles. The van der Waals surface area contributed by atoms with Crippen LogP contribution in [0.25, 0.3) is 17.0 Å². The van der Waals surface area contributed by atoms with Crippen LogP contribution in [0.2, 0.25) is 0 Å². The van der Waals surface area contributed by atoms with Crippen molar-refractivity contribution in [3.05, 3.63) is 35.4 Å². The van der Waals surface area contributed by atoms with Crippen LogP contribution in [-0.2, 0) is 14.6 Å². The van der Waals surface area contributed by atoms with Crippen LogP contribution in [0, 0.1) is 5.92 Å². The zero-order valence-electron chi connectivity index (χ0n) is 21.0. The van der Waals surface area contributed by atoms with E-state index < -0.39 is 9.84 Å². The summed E-state index contributed by atoms with van der Waals surface area (Å²) >= 11 is 0. The summed E-state index contributed by atoms with van der Waals surface area (Å²) in [5.41, 5.74) is 6.34. The number of aliphatic imine (C=N–C) groups is 1. The first-order valence-corrected chi connectivity index (χ1v) is 14.2. The number of aliphatic hydroxyl groups is 1. The summed E-state index contributed by atoms with van der Waals surface area (Å²) in [5.74, 6) is 0.874. The number of anilines is 2. The summed E-state index contributed by atoms with van der Waals surface area (Å²) in [6, 6.07) is 7.42. The number of fused-ring (bicyclic) bond motifs is 1. The molecule has 1 saturated carbocycles. The van der Waals surface area contributed by atoms with Crippen molar-refractivity contribution in [2.75, 3.05) is 63.5 Å². The molecule has 3 aliphatic rings. The maximum absolute atomic E-state index is 12.8. The van der Waals surface area contributed by atoms with E-state index in [0.29, 0.717) is 42.5 Å². The van der Waals surface area contributed by atoms with Gasteiger partial charge in [-0.05, 0) is 43.0 Å². The Morgan fingerprint density at radius 1 is 1.25 bits per heavy atom. The van der Waals surface area contributed by atoms with Crippen molar-refractivity contribution in [3.8, 4) is 11.3 Å². The second-order valence-electron chi connectivity index (χ2n) is 9.72. The second kappa shape index (κ2) is 9.84. The summed E-state index contributed by atoms with van der Waals surface area (Å²) in [4.78, 5) is 14.0. The van der Waals surface area contributed by atoms with Gasteiger partial charge in [0.1, 0.15) is 5.82 Å². The number of nitrogens with zero attached hydrogens (tertiary/aromatic N) is 4. The summed E-state index contributed by atoms with van der Waals surface area (Å²) < 4.78 is 30.9. The molecule has 0 radical (unpaired) electrons. The van der Waals surface area contributed by atoms with E-state index in [2.05, 4.69) is 10.3 Å². The molecule has 2 fully saturated rings. The van der Waals surface area contributed by atoms with Gasteiger partial charge >= 0.3 is 0 Å². The van der Waals surface area contributed by atoms with E-state index in [9.17, 15) is 13.5 Å². The van der Waals surface area contributed by atoms with Gasteiger partial charge in [0.15, 0.2) is 9.84 Å². The van der Waals surface area contributed by atoms with E-state index in [-0.39, 0.29) is 17.4 Å². The van der Waals surface area contributed by atoms with Crippen molar-refractivity contribution in [2.24, 2.45) is 10.9 Å². The minimum atomic E-state index is -3.50. The monoisotopic (exact) mass is 511 g/mol. The molecule has 2 aromatic rings. The van der Waals surface area contributed by atoms with Gasteiger partial charge in [-0.15, -0.1) is 0 Å². The molecule has 1 saturated heterocycles. The number of hydrogen-bond acceptors (Lipinski definition) is 9.